The molecular formula is C22H15BrN2O. The molecule has 0 bridgehead atoms. The average molecular weight is 403 g/mol. The van der Waals surface area contributed by atoms with Gasteiger partial charge in [-0.25, -0.2) is 0 Å². The van der Waals surface area contributed by atoms with Crippen molar-refractivity contribution >= 4 is 38.9 Å². The molecule has 3 aromatic carbocycles. The molecule has 0 fully saturated rings. The van der Waals surface area contributed by atoms with E-state index in [2.05, 4.69) is 34.1 Å². The number of carbonyl (C=O) groups is 1. The summed E-state index contributed by atoms with van der Waals surface area (Å²) in [5, 5.41) is 0. The second-order valence-electron chi connectivity index (χ2n) is 6.54. The molecule has 3 nitrogen and oxygen atoms in total. The van der Waals surface area contributed by atoms with Gasteiger partial charge in [-0.1, -0.05) is 58.4 Å². The first-order valence-electron chi connectivity index (χ1n) is 8.57. The lowest BCUT2D eigenvalue weighted by Crippen LogP contribution is -2.28. The van der Waals surface area contributed by atoms with Crippen molar-refractivity contribution < 1.29 is 4.79 Å². The van der Waals surface area contributed by atoms with Gasteiger partial charge >= 0.3 is 0 Å². The van der Waals surface area contributed by atoms with Crippen LogP contribution < -0.4 is 4.90 Å². The van der Waals surface area contributed by atoms with Gasteiger partial charge in [0.2, 0.25) is 0 Å². The predicted molar refractivity (Wildman–Crippen MR) is 107 cm³/mol. The number of hydrogen-bond acceptors (Lipinski definition) is 2. The van der Waals surface area contributed by atoms with E-state index in [4.69, 9.17) is 4.99 Å². The summed E-state index contributed by atoms with van der Waals surface area (Å²) < 4.78 is 1.04. The Morgan fingerprint density at radius 3 is 2.50 bits per heavy atom. The Bertz CT molecular complexity index is 1060. The molecule has 0 radical (unpaired) electrons. The second-order valence-corrected chi connectivity index (χ2v) is 7.45. The first kappa shape index (κ1) is 15.5. The van der Waals surface area contributed by atoms with Crippen LogP contribution in [0.2, 0.25) is 0 Å². The largest absolute Gasteiger partial charge is 0.298 e. The van der Waals surface area contributed by atoms with Crippen LogP contribution in [0.5, 0.6) is 0 Å². The quantitative estimate of drug-likeness (QED) is 0.515. The SMILES string of the molecule is O=C1c2ccccc2[C@H]2CC(c3ccc(Br)cc3)=Nc3ccccc3N12. The molecule has 2 aliphatic rings. The molecule has 2 heterocycles. The lowest BCUT2D eigenvalue weighted by Gasteiger charge is -2.24. The van der Waals surface area contributed by atoms with E-state index in [1.54, 1.807) is 0 Å². The van der Waals surface area contributed by atoms with Gasteiger partial charge in [0.25, 0.3) is 5.91 Å². The van der Waals surface area contributed by atoms with Crippen LogP contribution in [0.25, 0.3) is 0 Å². The predicted octanol–water partition coefficient (Wildman–Crippen LogP) is 5.68. The minimum atomic E-state index is -0.0234. The molecule has 0 aliphatic carbocycles. The van der Waals surface area contributed by atoms with E-state index in [0.29, 0.717) is 6.42 Å². The van der Waals surface area contributed by atoms with Gasteiger partial charge in [0.15, 0.2) is 0 Å². The van der Waals surface area contributed by atoms with Crippen LogP contribution in [-0.2, 0) is 0 Å². The molecule has 0 saturated carbocycles. The number of amides is 1. The Hall–Kier alpha value is -2.72. The summed E-state index contributed by atoms with van der Waals surface area (Å²) in [4.78, 5) is 20.0. The first-order valence-corrected chi connectivity index (χ1v) is 9.37. The van der Waals surface area contributed by atoms with Gasteiger partial charge in [0.1, 0.15) is 0 Å². The van der Waals surface area contributed by atoms with E-state index in [-0.39, 0.29) is 11.9 Å². The summed E-state index contributed by atoms with van der Waals surface area (Å²) in [6.45, 7) is 0. The zero-order valence-electron chi connectivity index (χ0n) is 13.9. The lowest BCUT2D eigenvalue weighted by atomic mass is 9.97. The smallest absolute Gasteiger partial charge is 0.259 e. The second kappa shape index (κ2) is 5.92. The number of benzene rings is 3. The zero-order valence-corrected chi connectivity index (χ0v) is 15.5. The van der Waals surface area contributed by atoms with Crippen molar-refractivity contribution in [2.24, 2.45) is 4.99 Å². The summed E-state index contributed by atoms with van der Waals surface area (Å²) in [5.74, 6) is 0.0605. The van der Waals surface area contributed by atoms with Gasteiger partial charge in [0, 0.05) is 16.5 Å². The van der Waals surface area contributed by atoms with Gasteiger partial charge in [-0.2, -0.15) is 0 Å². The molecule has 0 N–H and O–H groups in total. The number of anilines is 1. The van der Waals surface area contributed by atoms with Crippen LogP contribution in [0.1, 0.15) is 33.9 Å². The van der Waals surface area contributed by atoms with Crippen molar-refractivity contribution in [3.8, 4) is 0 Å². The number of aliphatic imine (C=N–C) groups is 1. The van der Waals surface area contributed by atoms with Crippen molar-refractivity contribution in [3.05, 3.63) is 94.0 Å². The molecule has 2 aliphatic heterocycles. The third-order valence-corrected chi connectivity index (χ3v) is 5.57. The third-order valence-electron chi connectivity index (χ3n) is 5.04. The Morgan fingerprint density at radius 2 is 1.65 bits per heavy atom. The molecule has 26 heavy (non-hydrogen) atoms. The highest BCUT2D eigenvalue weighted by Crippen LogP contribution is 2.45. The normalized spacial score (nSPS) is 17.9. The molecule has 1 atom stereocenters. The topological polar surface area (TPSA) is 32.7 Å². The Morgan fingerprint density at radius 1 is 0.923 bits per heavy atom. The molecule has 126 valence electrons. The number of hydrogen-bond donors (Lipinski definition) is 0. The summed E-state index contributed by atoms with van der Waals surface area (Å²) in [6, 6.07) is 24.0. The standard InChI is InChI=1S/C22H15BrN2O/c23-15-11-9-14(10-12-15)19-13-21-16-5-1-2-6-17(16)22(26)25(21)20-8-4-3-7-18(20)24-19/h1-12,21H,13H2/t21-/m1/s1. The van der Waals surface area contributed by atoms with Crippen molar-refractivity contribution in [2.45, 2.75) is 12.5 Å². The van der Waals surface area contributed by atoms with Gasteiger partial charge < -0.3 is 0 Å². The maximum absolute atomic E-state index is 13.1. The van der Waals surface area contributed by atoms with Gasteiger partial charge in [-0.05, 0) is 41.5 Å². The zero-order chi connectivity index (χ0) is 17.7. The first-order chi connectivity index (χ1) is 12.7. The highest BCUT2D eigenvalue weighted by atomic mass is 79.9. The fourth-order valence-corrected chi connectivity index (χ4v) is 4.10. The average Bonchev–Trinajstić information content (AvgIpc) is 2.84. The molecule has 0 saturated heterocycles. The van der Waals surface area contributed by atoms with Crippen molar-refractivity contribution in [2.75, 3.05) is 4.90 Å². The summed E-state index contributed by atoms with van der Waals surface area (Å²) >= 11 is 3.49. The summed E-state index contributed by atoms with van der Waals surface area (Å²) in [5.41, 5.74) is 5.69. The maximum atomic E-state index is 13.1. The molecule has 0 unspecified atom stereocenters. The van der Waals surface area contributed by atoms with Crippen LogP contribution in [0.15, 0.2) is 82.3 Å². The number of nitrogens with zero attached hydrogens (tertiary/aromatic N) is 2. The molecule has 3 aromatic rings. The van der Waals surface area contributed by atoms with Crippen LogP contribution in [0, 0.1) is 0 Å². The lowest BCUT2D eigenvalue weighted by molar-refractivity contribution is 0.0992. The van der Waals surface area contributed by atoms with Crippen LogP contribution >= 0.6 is 15.9 Å². The molecular weight excluding hydrogens is 388 g/mol. The van der Waals surface area contributed by atoms with Crippen molar-refractivity contribution in [3.63, 3.8) is 0 Å². The third kappa shape index (κ3) is 2.33. The summed E-state index contributed by atoms with van der Waals surface area (Å²) in [6.07, 6.45) is 0.694. The van der Waals surface area contributed by atoms with E-state index in [0.717, 1.165) is 38.2 Å². The van der Waals surface area contributed by atoms with Crippen molar-refractivity contribution in [1.82, 2.24) is 0 Å². The van der Waals surface area contributed by atoms with E-state index < -0.39 is 0 Å². The fraction of sp³-hybridized carbons (Fsp3) is 0.0909. The number of halogens is 1. The minimum absolute atomic E-state index is 0.0234. The van der Waals surface area contributed by atoms with Gasteiger partial charge in [0.05, 0.1) is 23.1 Å². The number of para-hydroxylation sites is 2. The fourth-order valence-electron chi connectivity index (χ4n) is 3.83. The molecule has 4 heteroatoms. The van der Waals surface area contributed by atoms with Gasteiger partial charge in [-0.15, -0.1) is 0 Å². The Balaban J connectivity index is 1.71. The van der Waals surface area contributed by atoms with E-state index in [1.807, 2.05) is 59.5 Å². The Kier molecular flexibility index (Phi) is 3.54. The van der Waals surface area contributed by atoms with Gasteiger partial charge in [-0.3, -0.25) is 14.7 Å². The molecule has 5 rings (SSSR count). The summed E-state index contributed by atoms with van der Waals surface area (Å²) in [7, 11) is 0. The van der Waals surface area contributed by atoms with E-state index in [9.17, 15) is 4.79 Å². The maximum Gasteiger partial charge on any atom is 0.259 e. The van der Waals surface area contributed by atoms with Crippen LogP contribution in [0.3, 0.4) is 0 Å². The van der Waals surface area contributed by atoms with E-state index >= 15 is 0 Å². The molecule has 1 amide bonds. The minimum Gasteiger partial charge on any atom is -0.298 e. The number of carbonyl (C=O) groups excluding carboxylic acids is 1. The number of rotatable bonds is 1. The number of fused-ring (bicyclic) bond motifs is 5. The monoisotopic (exact) mass is 402 g/mol. The van der Waals surface area contributed by atoms with Crippen LogP contribution in [-0.4, -0.2) is 11.6 Å². The van der Waals surface area contributed by atoms with Crippen molar-refractivity contribution in [1.29, 1.82) is 0 Å². The van der Waals surface area contributed by atoms with Crippen LogP contribution in [0.4, 0.5) is 11.4 Å². The highest BCUT2D eigenvalue weighted by Gasteiger charge is 2.40. The Labute approximate surface area is 160 Å². The molecule has 0 aromatic heterocycles. The highest BCUT2D eigenvalue weighted by molar-refractivity contribution is 9.10. The molecule has 0 spiro atoms. The van der Waals surface area contributed by atoms with E-state index in [1.165, 1.54) is 0 Å².